The van der Waals surface area contributed by atoms with Gasteiger partial charge in [0.1, 0.15) is 18.3 Å². The minimum absolute atomic E-state index is 0.103. The molecular weight excluding hydrogens is 584 g/mol. The van der Waals surface area contributed by atoms with Crippen molar-refractivity contribution in [2.75, 3.05) is 6.54 Å². The molecule has 0 saturated carbocycles. The van der Waals surface area contributed by atoms with Crippen molar-refractivity contribution < 1.29 is 53.5 Å². The van der Waals surface area contributed by atoms with Crippen molar-refractivity contribution >= 4 is 29.1 Å². The van der Waals surface area contributed by atoms with E-state index in [1.165, 1.54) is 19.2 Å². The third-order valence-electron chi connectivity index (χ3n) is 5.79. The molecule has 0 aliphatic rings. The molecule has 2 atom stereocenters. The van der Waals surface area contributed by atoms with Crippen molar-refractivity contribution in [3.8, 4) is 0 Å². The maximum Gasteiger partial charge on any atom is 0.417 e. The highest BCUT2D eigenvalue weighted by atomic mass is 35.5. The molecule has 0 aliphatic heterocycles. The van der Waals surface area contributed by atoms with Gasteiger partial charge in [0, 0.05) is 28.5 Å². The van der Waals surface area contributed by atoms with Gasteiger partial charge in [0.25, 0.3) is 0 Å². The summed E-state index contributed by atoms with van der Waals surface area (Å²) >= 11 is 5.98. The Kier molecular flexibility index (Phi) is 10.1. The lowest BCUT2D eigenvalue weighted by Gasteiger charge is -2.20. The van der Waals surface area contributed by atoms with Gasteiger partial charge in [-0.2, -0.15) is 39.5 Å². The third kappa shape index (κ3) is 8.70. The number of allylic oxidation sites excluding steroid dienone is 1. The molecule has 0 radical (unpaired) electrons. The Morgan fingerprint density at radius 1 is 0.950 bits per heavy atom. The van der Waals surface area contributed by atoms with Gasteiger partial charge in [-0.3, -0.25) is 9.59 Å². The second kappa shape index (κ2) is 12.2. The number of halogens is 11. The van der Waals surface area contributed by atoms with Crippen LogP contribution < -0.4 is 5.32 Å². The lowest BCUT2D eigenvalue weighted by Crippen LogP contribution is -2.37. The number of carbonyl (C=O) groups is 2. The Morgan fingerprint density at radius 2 is 1.50 bits per heavy atom. The molecule has 0 heterocycles. The first kappa shape index (κ1) is 33.1. The van der Waals surface area contributed by atoms with E-state index in [9.17, 15) is 49.1 Å². The van der Waals surface area contributed by atoms with Crippen LogP contribution >= 0.6 is 11.6 Å². The van der Waals surface area contributed by atoms with E-state index >= 15 is 4.39 Å². The van der Waals surface area contributed by atoms with E-state index in [-0.39, 0.29) is 28.3 Å². The molecule has 1 unspecified atom stereocenters. The molecule has 0 spiro atoms. The summed E-state index contributed by atoms with van der Waals surface area (Å²) in [7, 11) is 0. The quantitative estimate of drug-likeness (QED) is 0.242. The van der Waals surface area contributed by atoms with E-state index in [1.807, 2.05) is 0 Å². The standard InChI is InChI=1S/C26H22ClF10NO2/c1-12-6-16(7-13(2)22(12)27)18(25(32,33)34)10-20(28)15-4-5-17(19(9-15)26(35,36)37)21(39)8-14(3)23(40)38-11-24(29,30)31/h4-7,9-10,14,18H,8,11H2,1-3H3,(H,38,40)/b20-10-/t14-,18?/m0/s1. The zero-order valence-electron chi connectivity index (χ0n) is 21.0. The molecule has 0 saturated heterocycles. The first-order valence-corrected chi connectivity index (χ1v) is 11.8. The number of Topliss-reactive ketones (excluding diaryl/α,β-unsaturated/α-hetero) is 1. The van der Waals surface area contributed by atoms with Crippen molar-refractivity contribution in [3.63, 3.8) is 0 Å². The molecule has 220 valence electrons. The summed E-state index contributed by atoms with van der Waals surface area (Å²) in [5.41, 5.74) is -3.50. The van der Waals surface area contributed by atoms with Gasteiger partial charge in [0.15, 0.2) is 5.78 Å². The number of carbonyl (C=O) groups excluding carboxylic acids is 2. The number of alkyl halides is 9. The lowest BCUT2D eigenvalue weighted by atomic mass is 9.92. The normalized spacial score (nSPS) is 14.6. The molecule has 2 rings (SSSR count). The van der Waals surface area contributed by atoms with Crippen LogP contribution in [0.1, 0.15) is 57.4 Å². The fourth-order valence-corrected chi connectivity index (χ4v) is 3.90. The summed E-state index contributed by atoms with van der Waals surface area (Å²) in [4.78, 5) is 24.3. The number of hydrogen-bond donors (Lipinski definition) is 1. The summed E-state index contributed by atoms with van der Waals surface area (Å²) in [6, 6.07) is 3.50. The fourth-order valence-electron chi connectivity index (χ4n) is 3.79. The second-order valence-corrected chi connectivity index (χ2v) is 9.50. The van der Waals surface area contributed by atoms with Crippen LogP contribution in [0, 0.1) is 19.8 Å². The van der Waals surface area contributed by atoms with E-state index in [4.69, 9.17) is 11.6 Å². The Hall–Kier alpha value is -3.09. The highest BCUT2D eigenvalue weighted by Gasteiger charge is 2.41. The van der Waals surface area contributed by atoms with Gasteiger partial charge in [-0.15, -0.1) is 0 Å². The number of rotatable bonds is 8. The second-order valence-electron chi connectivity index (χ2n) is 9.12. The maximum atomic E-state index is 15.0. The Labute approximate surface area is 227 Å². The number of amides is 1. The number of benzene rings is 2. The molecule has 3 nitrogen and oxygen atoms in total. The molecule has 0 fully saturated rings. The van der Waals surface area contributed by atoms with Crippen molar-refractivity contribution in [1.29, 1.82) is 0 Å². The highest BCUT2D eigenvalue weighted by molar-refractivity contribution is 6.32. The SMILES string of the molecule is Cc1cc(C(/C=C(\F)c2ccc(C(=O)C[C@H](C)C(=O)NCC(F)(F)F)c(C(F)(F)F)c2)C(F)(F)F)cc(C)c1Cl. The molecule has 2 aromatic carbocycles. The van der Waals surface area contributed by atoms with E-state index in [2.05, 4.69) is 0 Å². The van der Waals surface area contributed by atoms with Gasteiger partial charge < -0.3 is 5.32 Å². The third-order valence-corrected chi connectivity index (χ3v) is 6.38. The summed E-state index contributed by atoms with van der Waals surface area (Å²) < 4.78 is 135. The minimum atomic E-state index is -5.27. The molecule has 14 heteroatoms. The van der Waals surface area contributed by atoms with Crippen LogP contribution in [-0.4, -0.2) is 30.6 Å². The smallest absolute Gasteiger partial charge is 0.347 e. The van der Waals surface area contributed by atoms with Crippen LogP contribution in [0.2, 0.25) is 5.02 Å². The summed E-state index contributed by atoms with van der Waals surface area (Å²) in [6.45, 7) is 2.16. The van der Waals surface area contributed by atoms with Crippen LogP contribution in [0.5, 0.6) is 0 Å². The summed E-state index contributed by atoms with van der Waals surface area (Å²) in [5, 5.41) is 1.70. The van der Waals surface area contributed by atoms with Crippen molar-refractivity contribution in [2.45, 2.75) is 51.6 Å². The van der Waals surface area contributed by atoms with Crippen LogP contribution in [0.3, 0.4) is 0 Å². The maximum absolute atomic E-state index is 15.0. The van der Waals surface area contributed by atoms with Gasteiger partial charge in [-0.25, -0.2) is 4.39 Å². The topological polar surface area (TPSA) is 46.2 Å². The number of nitrogens with one attached hydrogen (secondary N) is 1. The first-order chi connectivity index (χ1) is 18.1. The average Bonchev–Trinajstić information content (AvgIpc) is 2.81. The summed E-state index contributed by atoms with van der Waals surface area (Å²) in [6.07, 6.45) is -15.9. The Balaban J connectivity index is 2.45. The van der Waals surface area contributed by atoms with E-state index in [0.717, 1.165) is 19.1 Å². The van der Waals surface area contributed by atoms with Crippen molar-refractivity contribution in [3.05, 3.63) is 74.8 Å². The van der Waals surface area contributed by atoms with Gasteiger partial charge in [0.2, 0.25) is 5.91 Å². The predicted molar refractivity (Wildman–Crippen MR) is 127 cm³/mol. The van der Waals surface area contributed by atoms with E-state index in [1.54, 1.807) is 0 Å². The Bertz CT molecular complexity index is 1270. The zero-order valence-corrected chi connectivity index (χ0v) is 21.8. The van der Waals surface area contributed by atoms with Crippen molar-refractivity contribution in [1.82, 2.24) is 5.32 Å². The van der Waals surface area contributed by atoms with E-state index in [0.29, 0.717) is 12.1 Å². The number of aryl methyl sites for hydroxylation is 2. The molecular formula is C26H22ClF10NO2. The van der Waals surface area contributed by atoms with Crippen LogP contribution in [0.15, 0.2) is 36.4 Å². The molecule has 1 amide bonds. The first-order valence-electron chi connectivity index (χ1n) is 11.4. The van der Waals surface area contributed by atoms with E-state index < -0.39 is 83.1 Å². The number of ketones is 1. The minimum Gasteiger partial charge on any atom is -0.347 e. The average molecular weight is 606 g/mol. The molecule has 0 aliphatic carbocycles. The van der Waals surface area contributed by atoms with Crippen LogP contribution in [0.4, 0.5) is 43.9 Å². The molecule has 40 heavy (non-hydrogen) atoms. The molecule has 0 bridgehead atoms. The van der Waals surface area contributed by atoms with Crippen LogP contribution in [0.25, 0.3) is 5.83 Å². The van der Waals surface area contributed by atoms with Gasteiger partial charge in [-0.05, 0) is 42.7 Å². The van der Waals surface area contributed by atoms with Gasteiger partial charge >= 0.3 is 18.5 Å². The Morgan fingerprint density at radius 3 is 1.98 bits per heavy atom. The zero-order chi connectivity index (χ0) is 30.8. The largest absolute Gasteiger partial charge is 0.417 e. The highest BCUT2D eigenvalue weighted by Crippen LogP contribution is 2.41. The van der Waals surface area contributed by atoms with Gasteiger partial charge in [-0.1, -0.05) is 42.8 Å². The lowest BCUT2D eigenvalue weighted by molar-refractivity contribution is -0.140. The molecule has 0 aromatic heterocycles. The predicted octanol–water partition coefficient (Wildman–Crippen LogP) is 8.52. The van der Waals surface area contributed by atoms with Crippen molar-refractivity contribution in [2.24, 2.45) is 5.92 Å². The monoisotopic (exact) mass is 605 g/mol. The fraction of sp³-hybridized carbons (Fsp3) is 0.385. The molecule has 2 aromatic rings. The molecule has 1 N–H and O–H groups in total. The van der Waals surface area contributed by atoms with Gasteiger partial charge in [0.05, 0.1) is 5.56 Å². The van der Waals surface area contributed by atoms with Crippen LogP contribution in [-0.2, 0) is 11.0 Å². The number of hydrogen-bond acceptors (Lipinski definition) is 2. The summed E-state index contributed by atoms with van der Waals surface area (Å²) in [5.74, 6) is -8.19.